The van der Waals surface area contributed by atoms with Crippen LogP contribution in [0.1, 0.15) is 12.1 Å². The van der Waals surface area contributed by atoms with Crippen molar-refractivity contribution in [2.45, 2.75) is 23.8 Å². The van der Waals surface area contributed by atoms with E-state index in [1.165, 1.54) is 0 Å². The van der Waals surface area contributed by atoms with Gasteiger partial charge in [0.25, 0.3) is 0 Å². The predicted octanol–water partition coefficient (Wildman–Crippen LogP) is 1.36. The average molecular weight is 305 g/mol. The van der Waals surface area contributed by atoms with Crippen LogP contribution in [0.3, 0.4) is 0 Å². The molecule has 1 unspecified atom stereocenters. The Morgan fingerprint density at radius 3 is 3.07 bits per heavy atom. The van der Waals surface area contributed by atoms with Gasteiger partial charge in [-0.3, -0.25) is 9.69 Å². The van der Waals surface area contributed by atoms with Crippen LogP contribution >= 0.6 is 22.6 Å². The van der Waals surface area contributed by atoms with Crippen molar-refractivity contribution in [3.63, 3.8) is 0 Å². The fourth-order valence-electron chi connectivity index (χ4n) is 1.65. The van der Waals surface area contributed by atoms with E-state index < -0.39 is 0 Å². The van der Waals surface area contributed by atoms with Gasteiger partial charge in [-0.1, -0.05) is 22.6 Å². The second-order valence-corrected chi connectivity index (χ2v) is 5.02. The summed E-state index contributed by atoms with van der Waals surface area (Å²) >= 11 is 2.19. The van der Waals surface area contributed by atoms with E-state index in [0.717, 1.165) is 24.5 Å². The maximum absolute atomic E-state index is 11.8. The molecular formula is C9H12IN3O. The summed E-state index contributed by atoms with van der Waals surface area (Å²) in [7, 11) is 1.81. The van der Waals surface area contributed by atoms with Crippen LogP contribution in [0.4, 0.5) is 5.82 Å². The summed E-state index contributed by atoms with van der Waals surface area (Å²) < 4.78 is 1.98. The lowest BCUT2D eigenvalue weighted by molar-refractivity contribution is -0.117. The molecule has 0 N–H and O–H groups in total. The number of amides is 1. The summed E-state index contributed by atoms with van der Waals surface area (Å²) in [6.07, 6.45) is 0.859. The molecule has 0 saturated heterocycles. The summed E-state index contributed by atoms with van der Waals surface area (Å²) in [6.45, 7) is 2.77. The lowest BCUT2D eigenvalue weighted by Gasteiger charge is -2.15. The third-order valence-corrected chi connectivity index (χ3v) is 3.57. The van der Waals surface area contributed by atoms with Crippen molar-refractivity contribution in [1.29, 1.82) is 0 Å². The smallest absolute Gasteiger partial charge is 0.240 e. The standard InChI is InChI=1S/C9H12IN3O/c1-6-5-8-12(2)9(14)7(10)3-4-13(8)11-6/h5,7H,3-4H2,1-2H3. The predicted molar refractivity (Wildman–Crippen MR) is 62.8 cm³/mol. The number of aromatic nitrogens is 2. The molecule has 5 heteroatoms. The van der Waals surface area contributed by atoms with Crippen LogP contribution in [-0.2, 0) is 11.3 Å². The Kier molecular flexibility index (Phi) is 2.50. The molecule has 1 amide bonds. The zero-order chi connectivity index (χ0) is 10.3. The molecule has 0 aromatic carbocycles. The van der Waals surface area contributed by atoms with Gasteiger partial charge in [0.15, 0.2) is 0 Å². The van der Waals surface area contributed by atoms with Crippen molar-refractivity contribution in [2.24, 2.45) is 0 Å². The molecule has 2 rings (SSSR count). The van der Waals surface area contributed by atoms with Gasteiger partial charge in [-0.15, -0.1) is 0 Å². The second-order valence-electron chi connectivity index (χ2n) is 3.52. The first-order valence-electron chi connectivity index (χ1n) is 4.55. The molecule has 0 saturated carbocycles. The number of hydrogen-bond acceptors (Lipinski definition) is 2. The fraction of sp³-hybridized carbons (Fsp3) is 0.556. The third-order valence-electron chi connectivity index (χ3n) is 2.42. The number of carbonyl (C=O) groups is 1. The van der Waals surface area contributed by atoms with Gasteiger partial charge in [0.1, 0.15) is 5.82 Å². The molecule has 1 aromatic rings. The molecular weight excluding hydrogens is 293 g/mol. The number of hydrogen-bond donors (Lipinski definition) is 0. The highest BCUT2D eigenvalue weighted by Gasteiger charge is 2.26. The van der Waals surface area contributed by atoms with E-state index in [0.29, 0.717) is 0 Å². The van der Waals surface area contributed by atoms with Crippen molar-refractivity contribution >= 4 is 34.3 Å². The first kappa shape index (κ1) is 9.95. The van der Waals surface area contributed by atoms with Gasteiger partial charge in [-0.05, 0) is 13.3 Å². The van der Waals surface area contributed by atoms with Crippen LogP contribution in [0.25, 0.3) is 0 Å². The number of rotatable bonds is 0. The molecule has 14 heavy (non-hydrogen) atoms. The zero-order valence-electron chi connectivity index (χ0n) is 8.20. The summed E-state index contributed by atoms with van der Waals surface area (Å²) in [4.78, 5) is 13.5. The Morgan fingerprint density at radius 1 is 1.64 bits per heavy atom. The lowest BCUT2D eigenvalue weighted by Crippen LogP contribution is -2.32. The van der Waals surface area contributed by atoms with Gasteiger partial charge >= 0.3 is 0 Å². The molecule has 0 aliphatic carbocycles. The number of nitrogens with zero attached hydrogens (tertiary/aromatic N) is 3. The van der Waals surface area contributed by atoms with Gasteiger partial charge < -0.3 is 0 Å². The first-order valence-corrected chi connectivity index (χ1v) is 5.80. The van der Waals surface area contributed by atoms with E-state index >= 15 is 0 Å². The van der Waals surface area contributed by atoms with Crippen LogP contribution in [0.2, 0.25) is 0 Å². The molecule has 2 heterocycles. The fourth-order valence-corrected chi connectivity index (χ4v) is 2.34. The van der Waals surface area contributed by atoms with Gasteiger partial charge in [-0.2, -0.15) is 5.10 Å². The highest BCUT2D eigenvalue weighted by molar-refractivity contribution is 14.1. The van der Waals surface area contributed by atoms with Crippen LogP contribution in [0.15, 0.2) is 6.07 Å². The molecule has 76 valence electrons. The first-order chi connectivity index (χ1) is 6.59. The normalized spacial score (nSPS) is 22.1. The van der Waals surface area contributed by atoms with E-state index in [-0.39, 0.29) is 9.83 Å². The number of aryl methyl sites for hydroxylation is 2. The van der Waals surface area contributed by atoms with E-state index in [9.17, 15) is 4.79 Å². The minimum Gasteiger partial charge on any atom is -0.299 e. The molecule has 4 nitrogen and oxygen atoms in total. The Morgan fingerprint density at radius 2 is 2.36 bits per heavy atom. The quantitative estimate of drug-likeness (QED) is 0.536. The zero-order valence-corrected chi connectivity index (χ0v) is 10.4. The molecule has 1 aromatic heterocycles. The summed E-state index contributed by atoms with van der Waals surface area (Å²) in [5, 5.41) is 4.35. The van der Waals surface area contributed by atoms with Crippen LogP contribution in [0.5, 0.6) is 0 Å². The molecule has 0 fully saturated rings. The van der Waals surface area contributed by atoms with Crippen LogP contribution < -0.4 is 4.90 Å². The second kappa shape index (κ2) is 3.52. The van der Waals surface area contributed by atoms with Gasteiger partial charge in [0, 0.05) is 19.7 Å². The highest BCUT2D eigenvalue weighted by atomic mass is 127. The van der Waals surface area contributed by atoms with E-state index in [2.05, 4.69) is 27.7 Å². The van der Waals surface area contributed by atoms with Crippen molar-refractivity contribution in [3.8, 4) is 0 Å². The van der Waals surface area contributed by atoms with Crippen LogP contribution in [0, 0.1) is 6.92 Å². The number of carbonyl (C=O) groups excluding carboxylic acids is 1. The summed E-state index contributed by atoms with van der Waals surface area (Å²) in [5.41, 5.74) is 0.964. The number of fused-ring (bicyclic) bond motifs is 1. The topological polar surface area (TPSA) is 38.1 Å². The van der Waals surface area contributed by atoms with Gasteiger partial charge in [-0.25, -0.2) is 4.68 Å². The molecule has 0 spiro atoms. The van der Waals surface area contributed by atoms with E-state index in [4.69, 9.17) is 0 Å². The molecule has 1 atom stereocenters. The minimum atomic E-state index is 0.0691. The lowest BCUT2D eigenvalue weighted by atomic mass is 10.3. The van der Waals surface area contributed by atoms with Crippen molar-refractivity contribution < 1.29 is 4.79 Å². The van der Waals surface area contributed by atoms with E-state index in [1.54, 1.807) is 4.90 Å². The Hall–Kier alpha value is -0.590. The maximum atomic E-state index is 11.8. The van der Waals surface area contributed by atoms with Crippen molar-refractivity contribution in [1.82, 2.24) is 9.78 Å². The van der Waals surface area contributed by atoms with E-state index in [1.807, 2.05) is 24.7 Å². The Labute approximate surface area is 96.4 Å². The SMILES string of the molecule is Cc1cc2n(n1)CCC(I)C(=O)N2C. The minimum absolute atomic E-state index is 0.0691. The number of halogens is 1. The summed E-state index contributed by atoms with van der Waals surface area (Å²) in [5.74, 6) is 1.08. The highest BCUT2D eigenvalue weighted by Crippen LogP contribution is 2.23. The monoisotopic (exact) mass is 305 g/mol. The number of anilines is 1. The van der Waals surface area contributed by atoms with Crippen LogP contribution in [-0.4, -0.2) is 26.7 Å². The Balaban J connectivity index is 2.43. The third kappa shape index (κ3) is 1.53. The Bertz CT molecular complexity index is 374. The average Bonchev–Trinajstić information content (AvgIpc) is 2.49. The van der Waals surface area contributed by atoms with Gasteiger partial charge in [0.05, 0.1) is 9.62 Å². The largest absolute Gasteiger partial charge is 0.299 e. The molecule has 1 aliphatic rings. The van der Waals surface area contributed by atoms with Crippen molar-refractivity contribution in [3.05, 3.63) is 11.8 Å². The molecule has 0 bridgehead atoms. The molecule has 1 aliphatic heterocycles. The number of alkyl halides is 1. The van der Waals surface area contributed by atoms with Crippen molar-refractivity contribution in [2.75, 3.05) is 11.9 Å². The molecule has 0 radical (unpaired) electrons. The maximum Gasteiger partial charge on any atom is 0.240 e. The summed E-state index contributed by atoms with van der Waals surface area (Å²) in [6, 6.07) is 1.95. The van der Waals surface area contributed by atoms with Gasteiger partial charge in [0.2, 0.25) is 5.91 Å².